The van der Waals surface area contributed by atoms with Crippen LogP contribution in [0.2, 0.25) is 0 Å². The zero-order chi connectivity index (χ0) is 9.80. The lowest BCUT2D eigenvalue weighted by molar-refractivity contribution is 0.300. The van der Waals surface area contributed by atoms with Crippen molar-refractivity contribution in [3.05, 3.63) is 35.5 Å². The van der Waals surface area contributed by atoms with E-state index in [-0.39, 0.29) is 6.61 Å². The summed E-state index contributed by atoms with van der Waals surface area (Å²) in [4.78, 5) is 10.5. The Labute approximate surface area is 86.1 Å². The van der Waals surface area contributed by atoms with E-state index in [9.17, 15) is 0 Å². The Kier molecular flexibility index (Phi) is 2.86. The second-order valence-electron chi connectivity index (χ2n) is 2.81. The molecule has 3 nitrogen and oxygen atoms in total. The first-order chi connectivity index (χ1) is 6.90. The van der Waals surface area contributed by atoms with Gasteiger partial charge in [-0.25, -0.2) is 9.97 Å². The third-order valence-corrected chi connectivity index (χ3v) is 2.95. The van der Waals surface area contributed by atoms with E-state index < -0.39 is 0 Å². The Bertz CT molecular complexity index is 400. The molecule has 0 atom stereocenters. The fourth-order valence-corrected chi connectivity index (χ4v) is 2.11. The highest BCUT2D eigenvalue weighted by atomic mass is 32.1. The molecule has 0 saturated heterocycles. The predicted molar refractivity (Wildman–Crippen MR) is 56.1 cm³/mol. The molecule has 0 aliphatic carbocycles. The molecular weight excluding hydrogens is 196 g/mol. The summed E-state index contributed by atoms with van der Waals surface area (Å²) in [7, 11) is 0. The van der Waals surface area contributed by atoms with Gasteiger partial charge in [0.05, 0.1) is 4.88 Å². The molecule has 0 amide bonds. The SMILES string of the molecule is OCCc1ccc(-c2ncccn2)s1. The highest BCUT2D eigenvalue weighted by Gasteiger charge is 2.03. The Morgan fingerprint density at radius 3 is 2.71 bits per heavy atom. The first-order valence-electron chi connectivity index (χ1n) is 4.37. The second-order valence-corrected chi connectivity index (χ2v) is 3.98. The summed E-state index contributed by atoms with van der Waals surface area (Å²) in [6, 6.07) is 5.79. The summed E-state index contributed by atoms with van der Waals surface area (Å²) in [6.07, 6.45) is 4.17. The van der Waals surface area contributed by atoms with E-state index in [1.165, 1.54) is 0 Å². The number of hydrogen-bond acceptors (Lipinski definition) is 4. The Morgan fingerprint density at radius 2 is 2.00 bits per heavy atom. The predicted octanol–water partition coefficient (Wildman–Crippen LogP) is 1.74. The molecule has 0 aliphatic rings. The van der Waals surface area contributed by atoms with E-state index in [4.69, 9.17) is 5.11 Å². The van der Waals surface area contributed by atoms with Gasteiger partial charge in [0.15, 0.2) is 5.82 Å². The van der Waals surface area contributed by atoms with Gasteiger partial charge in [-0.1, -0.05) is 0 Å². The quantitative estimate of drug-likeness (QED) is 0.832. The monoisotopic (exact) mass is 206 g/mol. The molecule has 2 aromatic heterocycles. The van der Waals surface area contributed by atoms with Crippen molar-refractivity contribution in [1.82, 2.24) is 9.97 Å². The maximum atomic E-state index is 8.77. The number of aliphatic hydroxyl groups excluding tert-OH is 1. The smallest absolute Gasteiger partial charge is 0.169 e. The fraction of sp³-hybridized carbons (Fsp3) is 0.200. The van der Waals surface area contributed by atoms with Crippen LogP contribution in [0.3, 0.4) is 0 Å². The van der Waals surface area contributed by atoms with Gasteiger partial charge in [0.25, 0.3) is 0 Å². The highest BCUT2D eigenvalue weighted by Crippen LogP contribution is 2.24. The number of hydrogen-bond donors (Lipinski definition) is 1. The van der Waals surface area contributed by atoms with Crippen molar-refractivity contribution in [3.8, 4) is 10.7 Å². The number of aliphatic hydroxyl groups is 1. The van der Waals surface area contributed by atoms with E-state index in [1.54, 1.807) is 29.8 Å². The van der Waals surface area contributed by atoms with E-state index in [0.717, 1.165) is 15.6 Å². The van der Waals surface area contributed by atoms with Crippen LogP contribution < -0.4 is 0 Å². The second kappa shape index (κ2) is 4.30. The van der Waals surface area contributed by atoms with Crippen LogP contribution in [0.25, 0.3) is 10.7 Å². The number of aromatic nitrogens is 2. The van der Waals surface area contributed by atoms with Gasteiger partial charge >= 0.3 is 0 Å². The van der Waals surface area contributed by atoms with Gasteiger partial charge in [-0.2, -0.15) is 0 Å². The van der Waals surface area contributed by atoms with Crippen molar-refractivity contribution < 1.29 is 5.11 Å². The lowest BCUT2D eigenvalue weighted by atomic mass is 10.3. The van der Waals surface area contributed by atoms with Gasteiger partial charge in [-0.3, -0.25) is 0 Å². The average Bonchev–Trinajstić information content (AvgIpc) is 2.68. The van der Waals surface area contributed by atoms with Crippen LogP contribution in [0, 0.1) is 0 Å². The topological polar surface area (TPSA) is 46.0 Å². The summed E-state index contributed by atoms with van der Waals surface area (Å²) in [5.74, 6) is 0.752. The highest BCUT2D eigenvalue weighted by molar-refractivity contribution is 7.15. The van der Waals surface area contributed by atoms with Crippen LogP contribution in [-0.4, -0.2) is 21.7 Å². The van der Waals surface area contributed by atoms with Crippen LogP contribution in [0.1, 0.15) is 4.88 Å². The standard InChI is InChI=1S/C10H10N2OS/c13-7-4-8-2-3-9(14-8)10-11-5-1-6-12-10/h1-3,5-6,13H,4,7H2. The van der Waals surface area contributed by atoms with Gasteiger partial charge < -0.3 is 5.11 Å². The molecule has 0 aromatic carbocycles. The summed E-state index contributed by atoms with van der Waals surface area (Å²) in [5.41, 5.74) is 0. The van der Waals surface area contributed by atoms with Crippen LogP contribution in [0.4, 0.5) is 0 Å². The maximum Gasteiger partial charge on any atom is 0.169 e. The summed E-state index contributed by atoms with van der Waals surface area (Å²) in [5, 5.41) is 8.77. The van der Waals surface area contributed by atoms with Crippen molar-refractivity contribution >= 4 is 11.3 Å². The average molecular weight is 206 g/mol. The summed E-state index contributed by atoms with van der Waals surface area (Å²) in [6.45, 7) is 0.190. The lowest BCUT2D eigenvalue weighted by Gasteiger charge is -1.92. The lowest BCUT2D eigenvalue weighted by Crippen LogP contribution is -1.84. The number of nitrogens with zero attached hydrogens (tertiary/aromatic N) is 2. The van der Waals surface area contributed by atoms with Crippen molar-refractivity contribution in [2.45, 2.75) is 6.42 Å². The minimum atomic E-state index is 0.190. The van der Waals surface area contributed by atoms with Gasteiger partial charge in [-0.15, -0.1) is 11.3 Å². The molecule has 2 aromatic rings. The minimum Gasteiger partial charge on any atom is -0.396 e. The molecule has 0 saturated carbocycles. The van der Waals surface area contributed by atoms with E-state index in [1.807, 2.05) is 12.1 Å². The molecule has 0 bridgehead atoms. The van der Waals surface area contributed by atoms with Crippen molar-refractivity contribution in [1.29, 1.82) is 0 Å². The van der Waals surface area contributed by atoms with Gasteiger partial charge in [0.1, 0.15) is 0 Å². The van der Waals surface area contributed by atoms with Gasteiger partial charge in [-0.05, 0) is 18.2 Å². The van der Waals surface area contributed by atoms with Gasteiger partial charge in [0.2, 0.25) is 0 Å². The van der Waals surface area contributed by atoms with Gasteiger partial charge in [0, 0.05) is 30.3 Å². The Morgan fingerprint density at radius 1 is 1.21 bits per heavy atom. The normalized spacial score (nSPS) is 10.4. The molecule has 1 N–H and O–H groups in total. The zero-order valence-electron chi connectivity index (χ0n) is 7.55. The zero-order valence-corrected chi connectivity index (χ0v) is 8.37. The molecule has 14 heavy (non-hydrogen) atoms. The molecule has 2 rings (SSSR count). The van der Waals surface area contributed by atoms with Crippen LogP contribution in [0.5, 0.6) is 0 Å². The molecule has 0 unspecified atom stereocenters. The fourth-order valence-electron chi connectivity index (χ4n) is 1.17. The molecular formula is C10H10N2OS. The van der Waals surface area contributed by atoms with Crippen molar-refractivity contribution in [2.75, 3.05) is 6.61 Å². The molecule has 2 heterocycles. The molecule has 0 spiro atoms. The number of thiophene rings is 1. The van der Waals surface area contributed by atoms with Crippen LogP contribution >= 0.6 is 11.3 Å². The molecule has 4 heteroatoms. The van der Waals surface area contributed by atoms with Crippen LogP contribution in [-0.2, 0) is 6.42 Å². The molecule has 0 aliphatic heterocycles. The van der Waals surface area contributed by atoms with E-state index in [2.05, 4.69) is 9.97 Å². The van der Waals surface area contributed by atoms with Crippen molar-refractivity contribution in [3.63, 3.8) is 0 Å². The first-order valence-corrected chi connectivity index (χ1v) is 5.19. The maximum absolute atomic E-state index is 8.77. The minimum absolute atomic E-state index is 0.190. The van der Waals surface area contributed by atoms with E-state index in [0.29, 0.717) is 6.42 Å². The number of rotatable bonds is 3. The summed E-state index contributed by atoms with van der Waals surface area (Å²) < 4.78 is 0. The molecule has 0 radical (unpaired) electrons. The summed E-state index contributed by atoms with van der Waals surface area (Å²) >= 11 is 1.63. The third-order valence-electron chi connectivity index (χ3n) is 1.81. The Hall–Kier alpha value is -1.26. The van der Waals surface area contributed by atoms with E-state index >= 15 is 0 Å². The van der Waals surface area contributed by atoms with Crippen LogP contribution in [0.15, 0.2) is 30.6 Å². The molecule has 0 fully saturated rings. The first kappa shape index (κ1) is 9.30. The molecule has 72 valence electrons. The largest absolute Gasteiger partial charge is 0.396 e. The third kappa shape index (κ3) is 1.97. The Balaban J connectivity index is 2.25. The van der Waals surface area contributed by atoms with Crippen molar-refractivity contribution in [2.24, 2.45) is 0 Å².